The first-order valence-electron chi connectivity index (χ1n) is 9.57. The van der Waals surface area contributed by atoms with Gasteiger partial charge in [0, 0.05) is 19.5 Å². The first-order chi connectivity index (χ1) is 12.6. The molecule has 0 spiro atoms. The highest BCUT2D eigenvalue weighted by Crippen LogP contribution is 2.36. The number of rotatable bonds is 2. The Bertz CT molecular complexity index is 790. The van der Waals surface area contributed by atoms with Gasteiger partial charge in [0.05, 0.1) is 16.7 Å². The lowest BCUT2D eigenvalue weighted by Crippen LogP contribution is -2.41. The standard InChI is InChI=1S/C16H22BN3O2.C4H9N/c1-15(2)16(3,4)22-17(21-15)11-7-8-12-13(9-11)18-10-19-14(12)20(5)6;1-5-3-2-4-5/h7-10H,1-6H3;2-4H2,1H3. The van der Waals surface area contributed by atoms with Crippen molar-refractivity contribution in [2.75, 3.05) is 39.1 Å². The summed E-state index contributed by atoms with van der Waals surface area (Å²) in [4.78, 5) is 13.0. The molecule has 6 nitrogen and oxygen atoms in total. The smallest absolute Gasteiger partial charge is 0.399 e. The average Bonchev–Trinajstić information content (AvgIpc) is 2.80. The Morgan fingerprint density at radius 2 is 1.63 bits per heavy atom. The van der Waals surface area contributed by atoms with Gasteiger partial charge in [-0.2, -0.15) is 0 Å². The van der Waals surface area contributed by atoms with Crippen molar-refractivity contribution >= 4 is 29.3 Å². The maximum absolute atomic E-state index is 6.10. The van der Waals surface area contributed by atoms with Crippen LogP contribution in [0.3, 0.4) is 0 Å². The maximum Gasteiger partial charge on any atom is 0.494 e. The number of benzene rings is 1. The summed E-state index contributed by atoms with van der Waals surface area (Å²) in [5.74, 6) is 0.908. The van der Waals surface area contributed by atoms with Crippen LogP contribution in [0.5, 0.6) is 0 Å². The minimum Gasteiger partial charge on any atom is -0.399 e. The lowest BCUT2D eigenvalue weighted by atomic mass is 9.79. The third-order valence-electron chi connectivity index (χ3n) is 5.67. The van der Waals surface area contributed by atoms with Crippen LogP contribution >= 0.6 is 0 Å². The number of anilines is 1. The Balaban J connectivity index is 0.000000364. The minimum atomic E-state index is -0.368. The Morgan fingerprint density at radius 3 is 2.11 bits per heavy atom. The Hall–Kier alpha value is -1.70. The fourth-order valence-electron chi connectivity index (χ4n) is 3.02. The third-order valence-corrected chi connectivity index (χ3v) is 5.67. The van der Waals surface area contributed by atoms with Gasteiger partial charge >= 0.3 is 7.12 Å². The van der Waals surface area contributed by atoms with Crippen LogP contribution in [0.1, 0.15) is 34.1 Å². The molecular weight excluding hydrogens is 339 g/mol. The Morgan fingerprint density at radius 1 is 1.04 bits per heavy atom. The van der Waals surface area contributed by atoms with E-state index >= 15 is 0 Å². The molecule has 1 aromatic carbocycles. The predicted octanol–water partition coefficient (Wildman–Crippen LogP) is 2.32. The van der Waals surface area contributed by atoms with E-state index in [1.165, 1.54) is 19.5 Å². The summed E-state index contributed by atoms with van der Waals surface area (Å²) < 4.78 is 12.2. The fourth-order valence-corrected chi connectivity index (χ4v) is 3.02. The second-order valence-corrected chi connectivity index (χ2v) is 8.61. The Labute approximate surface area is 163 Å². The lowest BCUT2D eigenvalue weighted by Gasteiger charge is -2.32. The first-order valence-corrected chi connectivity index (χ1v) is 9.57. The summed E-state index contributed by atoms with van der Waals surface area (Å²) >= 11 is 0. The molecule has 2 aliphatic rings. The summed E-state index contributed by atoms with van der Waals surface area (Å²) in [5, 5.41) is 1.02. The van der Waals surface area contributed by atoms with Crippen molar-refractivity contribution in [2.24, 2.45) is 0 Å². The fraction of sp³-hybridized carbons (Fsp3) is 0.600. The highest BCUT2D eigenvalue weighted by Gasteiger charge is 2.51. The molecule has 7 heteroatoms. The van der Waals surface area contributed by atoms with E-state index in [1.54, 1.807) is 6.33 Å². The molecule has 2 saturated heterocycles. The van der Waals surface area contributed by atoms with Crippen molar-refractivity contribution in [3.05, 3.63) is 24.5 Å². The summed E-state index contributed by atoms with van der Waals surface area (Å²) in [6.07, 6.45) is 3.00. The molecule has 2 aromatic rings. The van der Waals surface area contributed by atoms with Crippen LogP contribution in [0.4, 0.5) is 5.82 Å². The molecule has 27 heavy (non-hydrogen) atoms. The summed E-state index contributed by atoms with van der Waals surface area (Å²) in [7, 11) is 5.73. The summed E-state index contributed by atoms with van der Waals surface area (Å²) in [5.41, 5.74) is 1.20. The van der Waals surface area contributed by atoms with E-state index < -0.39 is 0 Å². The van der Waals surface area contributed by atoms with Crippen molar-refractivity contribution in [1.29, 1.82) is 0 Å². The highest BCUT2D eigenvalue weighted by molar-refractivity contribution is 6.62. The van der Waals surface area contributed by atoms with Crippen LogP contribution in [-0.4, -0.2) is 67.4 Å². The largest absolute Gasteiger partial charge is 0.494 e. The van der Waals surface area contributed by atoms with Crippen molar-refractivity contribution in [3.8, 4) is 0 Å². The van der Waals surface area contributed by atoms with Gasteiger partial charge in [-0.3, -0.25) is 0 Å². The SMILES string of the molecule is CN(C)c1ncnc2cc(B3OC(C)(C)C(C)(C)O3)ccc12.CN1CCC1. The molecule has 0 N–H and O–H groups in total. The van der Waals surface area contributed by atoms with Gasteiger partial charge in [0.1, 0.15) is 12.1 Å². The number of nitrogens with zero attached hydrogens (tertiary/aromatic N) is 4. The number of hydrogen-bond donors (Lipinski definition) is 0. The summed E-state index contributed by atoms with van der Waals surface area (Å²) in [6.45, 7) is 10.9. The van der Waals surface area contributed by atoms with Crippen LogP contribution in [0.25, 0.3) is 10.9 Å². The minimum absolute atomic E-state index is 0.340. The van der Waals surface area contributed by atoms with Gasteiger partial charge in [-0.25, -0.2) is 9.97 Å². The van der Waals surface area contributed by atoms with E-state index in [-0.39, 0.29) is 18.3 Å². The topological polar surface area (TPSA) is 50.7 Å². The van der Waals surface area contributed by atoms with Crippen LogP contribution < -0.4 is 10.4 Å². The zero-order chi connectivity index (χ0) is 19.8. The van der Waals surface area contributed by atoms with Crippen LogP contribution in [0, 0.1) is 0 Å². The highest BCUT2D eigenvalue weighted by atomic mass is 16.7. The number of fused-ring (bicyclic) bond motifs is 1. The molecule has 0 amide bonds. The average molecular weight is 370 g/mol. The van der Waals surface area contributed by atoms with E-state index in [1.807, 2.05) is 37.2 Å². The zero-order valence-electron chi connectivity index (χ0n) is 17.6. The number of aromatic nitrogens is 2. The van der Waals surface area contributed by atoms with Gasteiger partial charge in [0.2, 0.25) is 0 Å². The van der Waals surface area contributed by atoms with Gasteiger partial charge in [-0.1, -0.05) is 6.07 Å². The molecule has 2 fully saturated rings. The maximum atomic E-state index is 6.10. The number of likely N-dealkylation sites (tertiary alicyclic amines) is 1. The van der Waals surface area contributed by atoms with Gasteiger partial charge < -0.3 is 19.1 Å². The normalized spacial score (nSPS) is 20.8. The lowest BCUT2D eigenvalue weighted by molar-refractivity contribution is 0.00578. The molecule has 1 aromatic heterocycles. The summed E-state index contributed by atoms with van der Waals surface area (Å²) in [6, 6.07) is 6.08. The molecule has 0 atom stereocenters. The van der Waals surface area contributed by atoms with E-state index in [9.17, 15) is 0 Å². The molecule has 2 aliphatic heterocycles. The van der Waals surface area contributed by atoms with Crippen molar-refractivity contribution in [2.45, 2.75) is 45.3 Å². The van der Waals surface area contributed by atoms with E-state index in [4.69, 9.17) is 9.31 Å². The van der Waals surface area contributed by atoms with Crippen molar-refractivity contribution < 1.29 is 9.31 Å². The van der Waals surface area contributed by atoms with Crippen LogP contribution in [0.15, 0.2) is 24.5 Å². The number of hydrogen-bond acceptors (Lipinski definition) is 6. The molecule has 0 bridgehead atoms. The van der Waals surface area contributed by atoms with E-state index in [2.05, 4.69) is 49.6 Å². The predicted molar refractivity (Wildman–Crippen MR) is 112 cm³/mol. The zero-order valence-corrected chi connectivity index (χ0v) is 17.6. The Kier molecular flexibility index (Phi) is 5.48. The second-order valence-electron chi connectivity index (χ2n) is 8.61. The van der Waals surface area contributed by atoms with Gasteiger partial charge in [0.15, 0.2) is 0 Å². The third kappa shape index (κ3) is 4.10. The molecule has 4 rings (SSSR count). The van der Waals surface area contributed by atoms with Crippen molar-refractivity contribution in [1.82, 2.24) is 14.9 Å². The first kappa shape index (κ1) is 20.0. The van der Waals surface area contributed by atoms with Crippen LogP contribution in [-0.2, 0) is 9.31 Å². The van der Waals surface area contributed by atoms with Crippen LogP contribution in [0.2, 0.25) is 0 Å². The molecule has 0 saturated carbocycles. The van der Waals surface area contributed by atoms with E-state index in [0.717, 1.165) is 22.2 Å². The molecule has 0 aliphatic carbocycles. The monoisotopic (exact) mass is 370 g/mol. The quantitative estimate of drug-likeness (QED) is 0.757. The van der Waals surface area contributed by atoms with Crippen molar-refractivity contribution in [3.63, 3.8) is 0 Å². The van der Waals surface area contributed by atoms with Gasteiger partial charge in [0.25, 0.3) is 0 Å². The molecular formula is C20H31BN4O2. The van der Waals surface area contributed by atoms with Gasteiger partial charge in [-0.15, -0.1) is 0 Å². The molecule has 3 heterocycles. The van der Waals surface area contributed by atoms with Gasteiger partial charge in [-0.05, 0) is 71.8 Å². The molecule has 146 valence electrons. The molecule has 0 radical (unpaired) electrons. The second kappa shape index (κ2) is 7.38. The van der Waals surface area contributed by atoms with E-state index in [0.29, 0.717) is 0 Å². The molecule has 0 unspecified atom stereocenters.